The molecular formula is C16H11Br2NS2. The van der Waals surface area contributed by atoms with Crippen molar-refractivity contribution in [1.29, 1.82) is 0 Å². The Hall–Kier alpha value is -0.620. The summed E-state index contributed by atoms with van der Waals surface area (Å²) in [6.07, 6.45) is 1.86. The molecule has 0 aliphatic carbocycles. The third-order valence-corrected chi connectivity index (χ3v) is 7.07. The number of hydrogen-bond donors (Lipinski definition) is 0. The highest BCUT2D eigenvalue weighted by atomic mass is 79.9. The van der Waals surface area contributed by atoms with Gasteiger partial charge >= 0.3 is 0 Å². The molecule has 0 aliphatic heterocycles. The van der Waals surface area contributed by atoms with Crippen LogP contribution < -0.4 is 0 Å². The SMILES string of the molecule is C=Cc1ccc(CSc2nc3cc(Br)c(Br)cc3s2)cc1. The van der Waals surface area contributed by atoms with Crippen LogP contribution in [-0.2, 0) is 5.75 Å². The summed E-state index contributed by atoms with van der Waals surface area (Å²) < 4.78 is 4.41. The Morgan fingerprint density at radius 1 is 1.14 bits per heavy atom. The summed E-state index contributed by atoms with van der Waals surface area (Å²) in [7, 11) is 0. The van der Waals surface area contributed by atoms with Crippen LogP contribution in [0.2, 0.25) is 0 Å². The first-order valence-corrected chi connectivity index (χ1v) is 9.64. The summed E-state index contributed by atoms with van der Waals surface area (Å²) in [5.41, 5.74) is 3.49. The van der Waals surface area contributed by atoms with E-state index in [2.05, 4.69) is 79.8 Å². The van der Waals surface area contributed by atoms with Gasteiger partial charge in [0.2, 0.25) is 0 Å². The maximum Gasteiger partial charge on any atom is 0.151 e. The molecule has 0 atom stereocenters. The van der Waals surface area contributed by atoms with Gasteiger partial charge in [0, 0.05) is 14.7 Å². The molecule has 106 valence electrons. The number of benzene rings is 2. The van der Waals surface area contributed by atoms with Crippen molar-refractivity contribution in [2.75, 3.05) is 0 Å². The Labute approximate surface area is 148 Å². The first kappa shape index (κ1) is 15.3. The van der Waals surface area contributed by atoms with Crippen molar-refractivity contribution in [3.63, 3.8) is 0 Å². The number of thioether (sulfide) groups is 1. The van der Waals surface area contributed by atoms with E-state index in [9.17, 15) is 0 Å². The first-order valence-electron chi connectivity index (χ1n) is 6.25. The van der Waals surface area contributed by atoms with Gasteiger partial charge in [0.05, 0.1) is 10.2 Å². The molecule has 0 saturated heterocycles. The summed E-state index contributed by atoms with van der Waals surface area (Å²) in [4.78, 5) is 4.68. The first-order chi connectivity index (χ1) is 10.2. The van der Waals surface area contributed by atoms with Crippen molar-refractivity contribution in [2.24, 2.45) is 0 Å². The summed E-state index contributed by atoms with van der Waals surface area (Å²) in [6, 6.07) is 12.6. The van der Waals surface area contributed by atoms with E-state index in [1.54, 1.807) is 23.1 Å². The second kappa shape index (κ2) is 6.65. The lowest BCUT2D eigenvalue weighted by Gasteiger charge is -1.99. The molecule has 1 nitrogen and oxygen atoms in total. The maximum absolute atomic E-state index is 4.68. The number of rotatable bonds is 4. The summed E-state index contributed by atoms with van der Waals surface area (Å²) in [5, 5.41) is 0. The highest BCUT2D eigenvalue weighted by Crippen LogP contribution is 2.35. The zero-order chi connectivity index (χ0) is 14.8. The summed E-state index contributed by atoms with van der Waals surface area (Å²) in [5.74, 6) is 0.930. The molecule has 0 amide bonds. The quantitative estimate of drug-likeness (QED) is 0.415. The van der Waals surface area contributed by atoms with Gasteiger partial charge < -0.3 is 0 Å². The molecule has 3 rings (SSSR count). The Morgan fingerprint density at radius 3 is 2.57 bits per heavy atom. The second-order valence-corrected chi connectivity index (χ2v) is 8.41. The second-order valence-electron chi connectivity index (χ2n) is 4.45. The Bertz CT molecular complexity index is 755. The molecule has 0 unspecified atom stereocenters. The van der Waals surface area contributed by atoms with Gasteiger partial charge in [-0.1, -0.05) is 48.7 Å². The van der Waals surface area contributed by atoms with E-state index in [4.69, 9.17) is 0 Å². The molecule has 0 spiro atoms. The molecule has 0 saturated carbocycles. The maximum atomic E-state index is 4.68. The molecular weight excluding hydrogens is 430 g/mol. The van der Waals surface area contributed by atoms with E-state index in [0.717, 1.165) is 30.1 Å². The number of halogens is 2. The van der Waals surface area contributed by atoms with Gasteiger partial charge in [-0.3, -0.25) is 0 Å². The monoisotopic (exact) mass is 439 g/mol. The molecule has 1 heterocycles. The summed E-state index contributed by atoms with van der Waals surface area (Å²) >= 11 is 10.6. The van der Waals surface area contributed by atoms with E-state index in [-0.39, 0.29) is 0 Å². The standard InChI is InChI=1S/C16H11Br2NS2/c1-2-10-3-5-11(6-4-10)9-20-16-19-14-7-12(17)13(18)8-15(14)21-16/h2-8H,1,9H2. The highest BCUT2D eigenvalue weighted by Gasteiger charge is 2.07. The van der Waals surface area contributed by atoms with Crippen LogP contribution in [-0.4, -0.2) is 4.98 Å². The van der Waals surface area contributed by atoms with E-state index in [1.165, 1.54) is 10.3 Å². The van der Waals surface area contributed by atoms with E-state index < -0.39 is 0 Å². The van der Waals surface area contributed by atoms with Crippen molar-refractivity contribution in [2.45, 2.75) is 10.1 Å². The topological polar surface area (TPSA) is 12.9 Å². The van der Waals surface area contributed by atoms with Gasteiger partial charge in [0.15, 0.2) is 4.34 Å². The number of fused-ring (bicyclic) bond motifs is 1. The van der Waals surface area contributed by atoms with Gasteiger partial charge in [-0.2, -0.15) is 0 Å². The largest absolute Gasteiger partial charge is 0.230 e. The predicted octanol–water partition coefficient (Wildman–Crippen LogP) is 6.76. The minimum atomic E-state index is 0.930. The van der Waals surface area contributed by atoms with Gasteiger partial charge in [0.1, 0.15) is 0 Å². The van der Waals surface area contributed by atoms with E-state index in [1.807, 2.05) is 6.08 Å². The van der Waals surface area contributed by atoms with Crippen LogP contribution in [0.25, 0.3) is 16.3 Å². The third kappa shape index (κ3) is 3.59. The van der Waals surface area contributed by atoms with Gasteiger partial charge in [-0.25, -0.2) is 4.98 Å². The number of thiazole rings is 1. The Kier molecular flexibility index (Phi) is 4.84. The van der Waals surface area contributed by atoms with Crippen LogP contribution in [0, 0.1) is 0 Å². The lowest BCUT2D eigenvalue weighted by atomic mass is 10.1. The van der Waals surface area contributed by atoms with Crippen molar-refractivity contribution in [3.8, 4) is 0 Å². The highest BCUT2D eigenvalue weighted by molar-refractivity contribution is 9.13. The molecule has 2 aromatic carbocycles. The van der Waals surface area contributed by atoms with Crippen molar-refractivity contribution in [3.05, 3.63) is 63.0 Å². The van der Waals surface area contributed by atoms with Crippen LogP contribution in [0.15, 0.2) is 56.3 Å². The zero-order valence-corrected chi connectivity index (χ0v) is 15.8. The van der Waals surface area contributed by atoms with Gasteiger partial charge in [-0.15, -0.1) is 11.3 Å². The Balaban J connectivity index is 1.76. The van der Waals surface area contributed by atoms with Crippen molar-refractivity contribution in [1.82, 2.24) is 4.98 Å². The predicted molar refractivity (Wildman–Crippen MR) is 101 cm³/mol. The average molecular weight is 441 g/mol. The average Bonchev–Trinajstić information content (AvgIpc) is 2.88. The van der Waals surface area contributed by atoms with Crippen molar-refractivity contribution < 1.29 is 0 Å². The number of aromatic nitrogens is 1. The molecule has 0 aliphatic rings. The molecule has 3 aromatic rings. The minimum Gasteiger partial charge on any atom is -0.230 e. The molecule has 0 N–H and O–H groups in total. The zero-order valence-electron chi connectivity index (χ0n) is 11.0. The van der Waals surface area contributed by atoms with Gasteiger partial charge in [-0.05, 0) is 55.1 Å². The smallest absolute Gasteiger partial charge is 0.151 e. The fourth-order valence-corrected chi connectivity index (χ4v) is 4.73. The minimum absolute atomic E-state index is 0.930. The van der Waals surface area contributed by atoms with Crippen LogP contribution in [0.4, 0.5) is 0 Å². The number of hydrogen-bond acceptors (Lipinski definition) is 3. The van der Waals surface area contributed by atoms with E-state index >= 15 is 0 Å². The Morgan fingerprint density at radius 2 is 1.86 bits per heavy atom. The summed E-state index contributed by atoms with van der Waals surface area (Å²) in [6.45, 7) is 3.77. The molecule has 5 heteroatoms. The van der Waals surface area contributed by atoms with Crippen LogP contribution in [0.3, 0.4) is 0 Å². The van der Waals surface area contributed by atoms with Crippen molar-refractivity contribution >= 4 is 71.3 Å². The third-order valence-electron chi connectivity index (χ3n) is 2.99. The molecule has 1 aromatic heterocycles. The van der Waals surface area contributed by atoms with Crippen LogP contribution in [0.1, 0.15) is 11.1 Å². The molecule has 0 bridgehead atoms. The molecule has 0 radical (unpaired) electrons. The van der Waals surface area contributed by atoms with Crippen LogP contribution >= 0.6 is 55.0 Å². The fraction of sp³-hybridized carbons (Fsp3) is 0.0625. The normalized spacial score (nSPS) is 11.0. The fourth-order valence-electron chi connectivity index (χ4n) is 1.86. The molecule has 21 heavy (non-hydrogen) atoms. The van der Waals surface area contributed by atoms with Crippen LogP contribution in [0.5, 0.6) is 0 Å². The number of nitrogens with zero attached hydrogens (tertiary/aromatic N) is 1. The van der Waals surface area contributed by atoms with Gasteiger partial charge in [0.25, 0.3) is 0 Å². The lowest BCUT2D eigenvalue weighted by Crippen LogP contribution is -1.80. The lowest BCUT2D eigenvalue weighted by molar-refractivity contribution is 1.29. The van der Waals surface area contributed by atoms with E-state index in [0.29, 0.717) is 0 Å². The molecule has 0 fully saturated rings.